The van der Waals surface area contributed by atoms with Crippen molar-refractivity contribution in [3.63, 3.8) is 0 Å². The molecule has 1 heterocycles. The second-order valence-electron chi connectivity index (χ2n) is 5.02. The van der Waals surface area contributed by atoms with Crippen LogP contribution in [-0.2, 0) is 16.0 Å². The van der Waals surface area contributed by atoms with Crippen molar-refractivity contribution >= 4 is 27.8 Å². The van der Waals surface area contributed by atoms with Gasteiger partial charge in [-0.1, -0.05) is 28.1 Å². The van der Waals surface area contributed by atoms with E-state index in [0.717, 1.165) is 10.0 Å². The van der Waals surface area contributed by atoms with E-state index in [4.69, 9.17) is 5.11 Å². The molecule has 1 amide bonds. The minimum Gasteiger partial charge on any atom is -0.479 e. The molecule has 0 aromatic heterocycles. The van der Waals surface area contributed by atoms with E-state index in [1.165, 1.54) is 0 Å². The van der Waals surface area contributed by atoms with Crippen LogP contribution in [0.2, 0.25) is 0 Å². The minimum atomic E-state index is -1.69. The van der Waals surface area contributed by atoms with Crippen LogP contribution >= 0.6 is 15.9 Å². The topological polar surface area (TPSA) is 77.8 Å². The molecule has 1 fully saturated rings. The fourth-order valence-corrected chi connectivity index (χ4v) is 2.49. The van der Waals surface area contributed by atoms with Crippen molar-refractivity contribution in [1.29, 1.82) is 0 Å². The van der Waals surface area contributed by atoms with Crippen LogP contribution in [0.1, 0.15) is 18.4 Å². The Kier molecular flexibility index (Phi) is 4.45. The second kappa shape index (κ2) is 5.93. The van der Waals surface area contributed by atoms with E-state index in [-0.39, 0.29) is 31.8 Å². The number of amides is 1. The van der Waals surface area contributed by atoms with Gasteiger partial charge in [-0.25, -0.2) is 4.79 Å². The molecule has 0 saturated carbocycles. The third kappa shape index (κ3) is 3.37. The zero-order valence-electron chi connectivity index (χ0n) is 10.9. The minimum absolute atomic E-state index is 0.0419. The monoisotopic (exact) mass is 341 g/mol. The van der Waals surface area contributed by atoms with Gasteiger partial charge in [0, 0.05) is 30.4 Å². The van der Waals surface area contributed by atoms with E-state index in [9.17, 15) is 14.7 Å². The summed E-state index contributed by atoms with van der Waals surface area (Å²) < 4.78 is 0.957. The van der Waals surface area contributed by atoms with Gasteiger partial charge in [-0.3, -0.25) is 4.79 Å². The number of hydrogen-bond donors (Lipinski definition) is 2. The Morgan fingerprint density at radius 2 is 1.75 bits per heavy atom. The SMILES string of the molecule is O=C(Cc1ccc(Br)cc1)N1CCC(O)(C(=O)O)CC1. The summed E-state index contributed by atoms with van der Waals surface area (Å²) in [5.74, 6) is -1.25. The number of carboxylic acids is 1. The van der Waals surface area contributed by atoms with Gasteiger partial charge in [0.1, 0.15) is 0 Å². The smallest absolute Gasteiger partial charge is 0.335 e. The van der Waals surface area contributed by atoms with Crippen molar-refractivity contribution in [1.82, 2.24) is 4.90 Å². The molecule has 108 valence electrons. The standard InChI is InChI=1S/C14H16BrNO4/c15-11-3-1-10(2-4-11)9-12(17)16-7-5-14(20,6-8-16)13(18)19/h1-4,20H,5-9H2,(H,18,19). The fourth-order valence-electron chi connectivity index (χ4n) is 2.23. The average molecular weight is 342 g/mol. The van der Waals surface area contributed by atoms with E-state index in [2.05, 4.69) is 15.9 Å². The van der Waals surface area contributed by atoms with Gasteiger partial charge < -0.3 is 15.1 Å². The lowest BCUT2D eigenvalue weighted by atomic mass is 9.91. The summed E-state index contributed by atoms with van der Waals surface area (Å²) in [6.45, 7) is 0.552. The highest BCUT2D eigenvalue weighted by molar-refractivity contribution is 9.10. The summed E-state index contributed by atoms with van der Waals surface area (Å²) in [7, 11) is 0. The zero-order valence-corrected chi connectivity index (χ0v) is 12.5. The highest BCUT2D eigenvalue weighted by atomic mass is 79.9. The number of carboxylic acid groups (broad SMARTS) is 1. The highest BCUT2D eigenvalue weighted by Crippen LogP contribution is 2.23. The van der Waals surface area contributed by atoms with Crippen LogP contribution in [0.4, 0.5) is 0 Å². The predicted molar refractivity (Wildman–Crippen MR) is 76.2 cm³/mol. The van der Waals surface area contributed by atoms with Gasteiger partial charge in [0.15, 0.2) is 5.60 Å². The number of aliphatic carboxylic acids is 1. The Bertz CT molecular complexity index is 506. The Hall–Kier alpha value is -1.40. The van der Waals surface area contributed by atoms with E-state index in [0.29, 0.717) is 6.42 Å². The summed E-state index contributed by atoms with van der Waals surface area (Å²) in [6, 6.07) is 7.50. The number of nitrogens with zero attached hydrogens (tertiary/aromatic N) is 1. The molecule has 0 atom stereocenters. The van der Waals surface area contributed by atoms with Crippen LogP contribution in [0.15, 0.2) is 28.7 Å². The molecule has 0 radical (unpaired) electrons. The van der Waals surface area contributed by atoms with Crippen molar-refractivity contribution in [2.24, 2.45) is 0 Å². The summed E-state index contributed by atoms with van der Waals surface area (Å²) in [4.78, 5) is 24.6. The first-order valence-electron chi connectivity index (χ1n) is 6.39. The molecular formula is C14H16BrNO4. The van der Waals surface area contributed by atoms with Crippen LogP contribution in [0.25, 0.3) is 0 Å². The molecule has 1 aliphatic rings. The lowest BCUT2D eigenvalue weighted by Gasteiger charge is -2.35. The Morgan fingerprint density at radius 1 is 1.20 bits per heavy atom. The average Bonchev–Trinajstić information content (AvgIpc) is 2.42. The van der Waals surface area contributed by atoms with Crippen LogP contribution in [0.5, 0.6) is 0 Å². The molecule has 6 heteroatoms. The second-order valence-corrected chi connectivity index (χ2v) is 5.94. The lowest BCUT2D eigenvalue weighted by Crippen LogP contribution is -2.51. The number of rotatable bonds is 3. The molecule has 1 aliphatic heterocycles. The van der Waals surface area contributed by atoms with Gasteiger partial charge in [-0.2, -0.15) is 0 Å². The molecular weight excluding hydrogens is 326 g/mol. The van der Waals surface area contributed by atoms with Crippen molar-refractivity contribution in [2.45, 2.75) is 24.9 Å². The van der Waals surface area contributed by atoms with Gasteiger partial charge in [0.25, 0.3) is 0 Å². The summed E-state index contributed by atoms with van der Waals surface area (Å²) >= 11 is 3.34. The van der Waals surface area contributed by atoms with Crippen LogP contribution < -0.4 is 0 Å². The quantitative estimate of drug-likeness (QED) is 0.871. The van der Waals surface area contributed by atoms with Gasteiger partial charge in [0.2, 0.25) is 5.91 Å². The van der Waals surface area contributed by atoms with Crippen LogP contribution in [-0.4, -0.2) is 45.7 Å². The number of aliphatic hydroxyl groups is 1. The normalized spacial score (nSPS) is 17.8. The van der Waals surface area contributed by atoms with E-state index < -0.39 is 11.6 Å². The molecule has 0 unspecified atom stereocenters. The van der Waals surface area contributed by atoms with Gasteiger partial charge in [-0.15, -0.1) is 0 Å². The molecule has 20 heavy (non-hydrogen) atoms. The van der Waals surface area contributed by atoms with Crippen LogP contribution in [0, 0.1) is 0 Å². The zero-order chi connectivity index (χ0) is 14.8. The first-order valence-corrected chi connectivity index (χ1v) is 7.18. The fraction of sp³-hybridized carbons (Fsp3) is 0.429. The number of carbonyl (C=O) groups is 2. The summed E-state index contributed by atoms with van der Waals surface area (Å²) in [5, 5.41) is 18.8. The Morgan fingerprint density at radius 3 is 2.25 bits per heavy atom. The van der Waals surface area contributed by atoms with E-state index in [1.807, 2.05) is 24.3 Å². The predicted octanol–water partition coefficient (Wildman–Crippen LogP) is 1.43. The molecule has 1 saturated heterocycles. The third-order valence-corrected chi connectivity index (χ3v) is 4.14. The van der Waals surface area contributed by atoms with Crippen molar-refractivity contribution in [2.75, 3.05) is 13.1 Å². The van der Waals surface area contributed by atoms with Gasteiger partial charge in [-0.05, 0) is 17.7 Å². The number of hydrogen-bond acceptors (Lipinski definition) is 3. The van der Waals surface area contributed by atoms with Crippen molar-refractivity contribution in [3.05, 3.63) is 34.3 Å². The molecule has 2 N–H and O–H groups in total. The number of benzene rings is 1. The number of piperidine rings is 1. The number of likely N-dealkylation sites (tertiary alicyclic amines) is 1. The summed E-state index contributed by atoms with van der Waals surface area (Å²) in [6.07, 6.45) is 0.446. The molecule has 0 spiro atoms. The first-order chi connectivity index (χ1) is 9.40. The summed E-state index contributed by atoms with van der Waals surface area (Å²) in [5.41, 5.74) is -0.772. The van der Waals surface area contributed by atoms with Gasteiger partial charge >= 0.3 is 5.97 Å². The molecule has 1 aromatic rings. The number of halogens is 1. The molecule has 0 aliphatic carbocycles. The highest BCUT2D eigenvalue weighted by Gasteiger charge is 2.40. The molecule has 1 aromatic carbocycles. The van der Waals surface area contributed by atoms with Gasteiger partial charge in [0.05, 0.1) is 6.42 Å². The van der Waals surface area contributed by atoms with E-state index in [1.54, 1.807) is 4.90 Å². The molecule has 5 nitrogen and oxygen atoms in total. The maximum atomic E-state index is 12.1. The van der Waals surface area contributed by atoms with E-state index >= 15 is 0 Å². The maximum absolute atomic E-state index is 12.1. The Balaban J connectivity index is 1.92. The third-order valence-electron chi connectivity index (χ3n) is 3.61. The van der Waals surface area contributed by atoms with Crippen molar-refractivity contribution < 1.29 is 19.8 Å². The largest absolute Gasteiger partial charge is 0.479 e. The molecule has 0 bridgehead atoms. The first kappa shape index (κ1) is 15.0. The Labute approximate surface area is 125 Å². The number of carbonyl (C=O) groups excluding carboxylic acids is 1. The van der Waals surface area contributed by atoms with Crippen molar-refractivity contribution in [3.8, 4) is 0 Å². The maximum Gasteiger partial charge on any atom is 0.335 e. The molecule has 2 rings (SSSR count). The van der Waals surface area contributed by atoms with Crippen LogP contribution in [0.3, 0.4) is 0 Å². The lowest BCUT2D eigenvalue weighted by molar-refractivity contribution is -0.165.